The summed E-state index contributed by atoms with van der Waals surface area (Å²) in [6.07, 6.45) is 1.97. The third-order valence-corrected chi connectivity index (χ3v) is 3.73. The molecule has 5 heteroatoms. The first-order chi connectivity index (χ1) is 9.04. The number of carbonyl (C=O) groups excluding carboxylic acids is 1. The first-order valence-corrected chi connectivity index (χ1v) is 6.96. The molecular formula is C14H20ClN3O. The molecule has 1 aliphatic heterocycles. The zero-order valence-electron chi connectivity index (χ0n) is 11.2. The second-order valence-corrected chi connectivity index (χ2v) is 5.53. The van der Waals surface area contributed by atoms with E-state index in [0.717, 1.165) is 48.7 Å². The van der Waals surface area contributed by atoms with Crippen molar-refractivity contribution in [1.29, 1.82) is 0 Å². The number of piperidine rings is 1. The van der Waals surface area contributed by atoms with Gasteiger partial charge < -0.3 is 11.1 Å². The van der Waals surface area contributed by atoms with Gasteiger partial charge >= 0.3 is 0 Å². The Labute approximate surface area is 118 Å². The smallest absolute Gasteiger partial charge is 0.217 e. The van der Waals surface area contributed by atoms with E-state index in [2.05, 4.69) is 10.2 Å². The van der Waals surface area contributed by atoms with Crippen molar-refractivity contribution < 1.29 is 4.79 Å². The number of anilines is 1. The van der Waals surface area contributed by atoms with Crippen molar-refractivity contribution in [2.24, 2.45) is 0 Å². The molecule has 1 fully saturated rings. The van der Waals surface area contributed by atoms with E-state index >= 15 is 0 Å². The molecule has 0 atom stereocenters. The molecule has 0 aromatic heterocycles. The van der Waals surface area contributed by atoms with Gasteiger partial charge in [-0.25, -0.2) is 0 Å². The van der Waals surface area contributed by atoms with Crippen LogP contribution >= 0.6 is 11.6 Å². The van der Waals surface area contributed by atoms with E-state index in [9.17, 15) is 4.79 Å². The first-order valence-electron chi connectivity index (χ1n) is 6.58. The predicted octanol–water partition coefficient (Wildman–Crippen LogP) is 2.02. The molecule has 1 aliphatic rings. The van der Waals surface area contributed by atoms with Crippen LogP contribution in [-0.4, -0.2) is 29.9 Å². The maximum absolute atomic E-state index is 11.0. The second-order valence-electron chi connectivity index (χ2n) is 5.09. The van der Waals surface area contributed by atoms with Crippen LogP contribution in [-0.2, 0) is 11.3 Å². The van der Waals surface area contributed by atoms with Gasteiger partial charge in [0.15, 0.2) is 0 Å². The van der Waals surface area contributed by atoms with Gasteiger partial charge in [0.05, 0.1) is 0 Å². The fraction of sp³-hybridized carbons (Fsp3) is 0.500. The Morgan fingerprint density at radius 3 is 2.79 bits per heavy atom. The zero-order chi connectivity index (χ0) is 13.8. The number of hydrogen-bond acceptors (Lipinski definition) is 3. The van der Waals surface area contributed by atoms with E-state index in [4.69, 9.17) is 17.3 Å². The SMILES string of the molecule is CC(=O)NC1CCN(Cc2cc(Cl)ccc2N)CC1. The molecule has 4 nitrogen and oxygen atoms in total. The highest BCUT2D eigenvalue weighted by molar-refractivity contribution is 6.30. The van der Waals surface area contributed by atoms with Crippen molar-refractivity contribution in [3.63, 3.8) is 0 Å². The topological polar surface area (TPSA) is 58.4 Å². The Morgan fingerprint density at radius 1 is 1.47 bits per heavy atom. The number of halogens is 1. The molecule has 19 heavy (non-hydrogen) atoms. The molecule has 0 aliphatic carbocycles. The Balaban J connectivity index is 1.88. The van der Waals surface area contributed by atoms with Crippen molar-refractivity contribution in [3.8, 4) is 0 Å². The molecule has 1 aromatic carbocycles. The van der Waals surface area contributed by atoms with Crippen LogP contribution < -0.4 is 11.1 Å². The Bertz CT molecular complexity index is 456. The highest BCUT2D eigenvalue weighted by Gasteiger charge is 2.20. The summed E-state index contributed by atoms with van der Waals surface area (Å²) < 4.78 is 0. The lowest BCUT2D eigenvalue weighted by Gasteiger charge is -2.32. The number of carbonyl (C=O) groups is 1. The van der Waals surface area contributed by atoms with E-state index in [-0.39, 0.29) is 5.91 Å². The Kier molecular flexibility index (Phi) is 4.66. The van der Waals surface area contributed by atoms with Crippen molar-refractivity contribution in [2.45, 2.75) is 32.4 Å². The van der Waals surface area contributed by atoms with Gasteiger partial charge in [0.25, 0.3) is 0 Å². The fourth-order valence-electron chi connectivity index (χ4n) is 2.48. The number of nitrogens with zero attached hydrogens (tertiary/aromatic N) is 1. The number of nitrogen functional groups attached to an aromatic ring is 1. The van der Waals surface area contributed by atoms with Gasteiger partial charge in [-0.2, -0.15) is 0 Å². The monoisotopic (exact) mass is 281 g/mol. The van der Waals surface area contributed by atoms with Gasteiger partial charge in [0, 0.05) is 43.3 Å². The quantitative estimate of drug-likeness (QED) is 0.834. The van der Waals surface area contributed by atoms with Gasteiger partial charge in [-0.3, -0.25) is 9.69 Å². The van der Waals surface area contributed by atoms with Crippen LogP contribution in [0, 0.1) is 0 Å². The molecule has 0 spiro atoms. The molecule has 3 N–H and O–H groups in total. The van der Waals surface area contributed by atoms with E-state index < -0.39 is 0 Å². The van der Waals surface area contributed by atoms with Gasteiger partial charge in [0.1, 0.15) is 0 Å². The van der Waals surface area contributed by atoms with Crippen LogP contribution in [0.1, 0.15) is 25.3 Å². The van der Waals surface area contributed by atoms with Crippen LogP contribution in [0.4, 0.5) is 5.69 Å². The van der Waals surface area contributed by atoms with Crippen LogP contribution in [0.2, 0.25) is 5.02 Å². The molecule has 0 saturated carbocycles. The number of hydrogen-bond donors (Lipinski definition) is 2. The van der Waals surface area contributed by atoms with E-state index in [1.807, 2.05) is 18.2 Å². The lowest BCUT2D eigenvalue weighted by atomic mass is 10.0. The van der Waals surface area contributed by atoms with E-state index in [0.29, 0.717) is 6.04 Å². The summed E-state index contributed by atoms with van der Waals surface area (Å²) in [6.45, 7) is 4.33. The molecule has 1 aromatic rings. The minimum atomic E-state index is 0.0533. The summed E-state index contributed by atoms with van der Waals surface area (Å²) in [5.74, 6) is 0.0533. The lowest BCUT2D eigenvalue weighted by Crippen LogP contribution is -2.43. The number of benzene rings is 1. The highest BCUT2D eigenvalue weighted by atomic mass is 35.5. The number of nitrogens with one attached hydrogen (secondary N) is 1. The number of likely N-dealkylation sites (tertiary alicyclic amines) is 1. The van der Waals surface area contributed by atoms with Gasteiger partial charge in [-0.05, 0) is 36.6 Å². The van der Waals surface area contributed by atoms with Crippen LogP contribution in [0.25, 0.3) is 0 Å². The second kappa shape index (κ2) is 6.26. The lowest BCUT2D eigenvalue weighted by molar-refractivity contribution is -0.119. The number of amides is 1. The average molecular weight is 282 g/mol. The Morgan fingerprint density at radius 2 is 2.16 bits per heavy atom. The van der Waals surface area contributed by atoms with Crippen molar-refractivity contribution in [1.82, 2.24) is 10.2 Å². The third-order valence-electron chi connectivity index (χ3n) is 3.49. The molecule has 0 bridgehead atoms. The standard InChI is InChI=1S/C14H20ClN3O/c1-10(19)17-13-4-6-18(7-5-13)9-11-8-12(15)2-3-14(11)16/h2-3,8,13H,4-7,9,16H2,1H3,(H,17,19). The fourth-order valence-corrected chi connectivity index (χ4v) is 2.67. The summed E-state index contributed by atoms with van der Waals surface area (Å²) in [7, 11) is 0. The largest absolute Gasteiger partial charge is 0.398 e. The molecular weight excluding hydrogens is 262 g/mol. The first kappa shape index (κ1) is 14.2. The maximum atomic E-state index is 11.0. The molecule has 2 rings (SSSR count). The van der Waals surface area contributed by atoms with Gasteiger partial charge in [-0.1, -0.05) is 11.6 Å². The number of rotatable bonds is 3. The van der Waals surface area contributed by atoms with Crippen LogP contribution in [0.3, 0.4) is 0 Å². The highest BCUT2D eigenvalue weighted by Crippen LogP contribution is 2.21. The molecule has 1 saturated heterocycles. The zero-order valence-corrected chi connectivity index (χ0v) is 11.9. The van der Waals surface area contributed by atoms with E-state index in [1.165, 1.54) is 0 Å². The molecule has 0 unspecified atom stereocenters. The van der Waals surface area contributed by atoms with Gasteiger partial charge in [-0.15, -0.1) is 0 Å². The van der Waals surface area contributed by atoms with Crippen LogP contribution in [0.15, 0.2) is 18.2 Å². The minimum absolute atomic E-state index is 0.0533. The Hall–Kier alpha value is -1.26. The number of nitrogens with two attached hydrogens (primary N) is 1. The summed E-state index contributed by atoms with van der Waals surface area (Å²) in [5.41, 5.74) is 7.82. The molecule has 1 heterocycles. The molecule has 1 amide bonds. The normalized spacial score (nSPS) is 17.4. The van der Waals surface area contributed by atoms with Crippen molar-refractivity contribution in [2.75, 3.05) is 18.8 Å². The van der Waals surface area contributed by atoms with Crippen molar-refractivity contribution >= 4 is 23.2 Å². The minimum Gasteiger partial charge on any atom is -0.398 e. The molecule has 0 radical (unpaired) electrons. The maximum Gasteiger partial charge on any atom is 0.217 e. The van der Waals surface area contributed by atoms with Crippen molar-refractivity contribution in [3.05, 3.63) is 28.8 Å². The summed E-state index contributed by atoms with van der Waals surface area (Å²) in [4.78, 5) is 13.4. The van der Waals surface area contributed by atoms with Gasteiger partial charge in [0.2, 0.25) is 5.91 Å². The summed E-state index contributed by atoms with van der Waals surface area (Å²) >= 11 is 5.99. The van der Waals surface area contributed by atoms with Crippen LogP contribution in [0.5, 0.6) is 0 Å². The average Bonchev–Trinajstić information content (AvgIpc) is 2.35. The third kappa shape index (κ3) is 4.11. The predicted molar refractivity (Wildman–Crippen MR) is 78.0 cm³/mol. The summed E-state index contributed by atoms with van der Waals surface area (Å²) in [5, 5.41) is 3.69. The molecule has 104 valence electrons. The van der Waals surface area contributed by atoms with E-state index in [1.54, 1.807) is 6.92 Å². The summed E-state index contributed by atoms with van der Waals surface area (Å²) in [6, 6.07) is 5.90.